The van der Waals surface area contributed by atoms with Crippen LogP contribution in [0.4, 0.5) is 0 Å². The molecule has 0 radical (unpaired) electrons. The van der Waals surface area contributed by atoms with E-state index in [2.05, 4.69) is 0 Å². The summed E-state index contributed by atoms with van der Waals surface area (Å²) in [5.41, 5.74) is 0.522. The van der Waals surface area contributed by atoms with Crippen LogP contribution in [-0.2, 0) is 16.8 Å². The van der Waals surface area contributed by atoms with Crippen LogP contribution in [0, 0.1) is 0 Å². The number of hydrogen-bond donors (Lipinski definition) is 2. The second-order valence-electron chi connectivity index (χ2n) is 3.25. The van der Waals surface area contributed by atoms with Crippen LogP contribution in [0.1, 0.15) is 5.56 Å². The molecule has 0 bridgehead atoms. The fraction of sp³-hybridized carbons (Fsp3) is 0.0909. The van der Waals surface area contributed by atoms with Gasteiger partial charge in [0.15, 0.2) is 11.1 Å². The van der Waals surface area contributed by atoms with E-state index in [0.717, 1.165) is 10.8 Å². The van der Waals surface area contributed by atoms with E-state index in [1.54, 1.807) is 12.1 Å². The molecule has 2 rings (SSSR count). The number of phenolic OH excluding ortho intramolecular Hbond substituents is 1. The van der Waals surface area contributed by atoms with Gasteiger partial charge in [-0.1, -0.05) is 30.3 Å². The molecule has 15 heavy (non-hydrogen) atoms. The summed E-state index contributed by atoms with van der Waals surface area (Å²) in [7, 11) is 0. The standard InChI is InChI=1S/C11H10O3S/c12-11-6-5-8-3-1-2-4-9(8)10(11)7-15(13)14/h1-6,12H,7H2,(H,13,14). The van der Waals surface area contributed by atoms with Gasteiger partial charge in [-0.25, -0.2) is 4.21 Å². The first-order valence-corrected chi connectivity index (χ1v) is 5.73. The van der Waals surface area contributed by atoms with Crippen LogP contribution in [0.25, 0.3) is 10.8 Å². The van der Waals surface area contributed by atoms with Crippen LogP contribution in [0.3, 0.4) is 0 Å². The third-order valence-electron chi connectivity index (χ3n) is 2.28. The summed E-state index contributed by atoms with van der Waals surface area (Å²) in [5, 5.41) is 11.4. The van der Waals surface area contributed by atoms with E-state index in [0.29, 0.717) is 5.56 Å². The summed E-state index contributed by atoms with van der Waals surface area (Å²) in [6.07, 6.45) is 0. The molecule has 0 saturated heterocycles. The number of fused-ring (bicyclic) bond motifs is 1. The number of benzene rings is 2. The summed E-state index contributed by atoms with van der Waals surface area (Å²) >= 11 is -1.94. The van der Waals surface area contributed by atoms with E-state index < -0.39 is 11.1 Å². The summed E-state index contributed by atoms with van der Waals surface area (Å²) in [4.78, 5) is 0. The highest BCUT2D eigenvalue weighted by atomic mass is 32.2. The molecule has 3 nitrogen and oxygen atoms in total. The van der Waals surface area contributed by atoms with Crippen molar-refractivity contribution in [1.82, 2.24) is 0 Å². The Bertz CT molecular complexity index is 522. The molecule has 0 aliphatic heterocycles. The molecule has 0 spiro atoms. The molecule has 0 saturated carbocycles. The van der Waals surface area contributed by atoms with Crippen molar-refractivity contribution in [3.63, 3.8) is 0 Å². The van der Waals surface area contributed by atoms with Crippen molar-refractivity contribution in [2.45, 2.75) is 5.75 Å². The zero-order valence-corrected chi connectivity index (χ0v) is 8.70. The van der Waals surface area contributed by atoms with Crippen LogP contribution in [0.15, 0.2) is 36.4 Å². The van der Waals surface area contributed by atoms with Gasteiger partial charge in [-0.15, -0.1) is 0 Å². The second-order valence-corrected chi connectivity index (χ2v) is 4.18. The SMILES string of the molecule is O=S(O)Cc1c(O)ccc2ccccc12. The minimum absolute atomic E-state index is 0.0484. The van der Waals surface area contributed by atoms with E-state index in [4.69, 9.17) is 4.55 Å². The molecule has 0 fully saturated rings. The minimum Gasteiger partial charge on any atom is -0.508 e. The van der Waals surface area contributed by atoms with E-state index in [1.165, 1.54) is 0 Å². The van der Waals surface area contributed by atoms with Crippen molar-refractivity contribution in [2.75, 3.05) is 0 Å². The Kier molecular flexibility index (Phi) is 2.70. The fourth-order valence-corrected chi connectivity index (χ4v) is 2.15. The third-order valence-corrected chi connectivity index (χ3v) is 2.82. The first-order chi connectivity index (χ1) is 7.18. The number of aromatic hydroxyl groups is 1. The van der Waals surface area contributed by atoms with Crippen molar-refractivity contribution < 1.29 is 13.9 Å². The average Bonchev–Trinajstić information content (AvgIpc) is 2.22. The molecule has 2 aromatic carbocycles. The Balaban J connectivity index is 2.68. The molecule has 1 atom stereocenters. The highest BCUT2D eigenvalue weighted by Crippen LogP contribution is 2.27. The van der Waals surface area contributed by atoms with Gasteiger partial charge in [0, 0.05) is 5.56 Å². The summed E-state index contributed by atoms with van der Waals surface area (Å²) in [6.45, 7) is 0. The smallest absolute Gasteiger partial charge is 0.157 e. The molecule has 0 aliphatic carbocycles. The molecule has 1 unspecified atom stereocenters. The lowest BCUT2D eigenvalue weighted by atomic mass is 10.0. The monoisotopic (exact) mass is 222 g/mol. The maximum atomic E-state index is 10.8. The predicted molar refractivity (Wildman–Crippen MR) is 60.1 cm³/mol. The molecular weight excluding hydrogens is 212 g/mol. The van der Waals surface area contributed by atoms with Gasteiger partial charge >= 0.3 is 0 Å². The minimum atomic E-state index is -1.94. The van der Waals surface area contributed by atoms with E-state index in [1.807, 2.05) is 24.3 Å². The second kappa shape index (κ2) is 4.00. The van der Waals surface area contributed by atoms with Crippen molar-refractivity contribution in [2.24, 2.45) is 0 Å². The van der Waals surface area contributed by atoms with Crippen molar-refractivity contribution in [3.05, 3.63) is 42.0 Å². The molecule has 2 aromatic rings. The first-order valence-electron chi connectivity index (χ1n) is 4.45. The lowest BCUT2D eigenvalue weighted by molar-refractivity contribution is 0.470. The number of rotatable bonds is 2. The van der Waals surface area contributed by atoms with Gasteiger partial charge in [0.1, 0.15) is 5.75 Å². The van der Waals surface area contributed by atoms with Gasteiger partial charge in [-0.05, 0) is 16.8 Å². The van der Waals surface area contributed by atoms with Crippen molar-refractivity contribution >= 4 is 21.9 Å². The van der Waals surface area contributed by atoms with Gasteiger partial charge in [0.2, 0.25) is 0 Å². The van der Waals surface area contributed by atoms with E-state index in [-0.39, 0.29) is 11.5 Å². The Morgan fingerprint density at radius 1 is 1.13 bits per heavy atom. The molecule has 78 valence electrons. The quantitative estimate of drug-likeness (QED) is 0.766. The molecule has 0 aliphatic rings. The zero-order valence-electron chi connectivity index (χ0n) is 7.88. The van der Waals surface area contributed by atoms with Gasteiger partial charge < -0.3 is 9.66 Å². The maximum absolute atomic E-state index is 10.8. The zero-order chi connectivity index (χ0) is 10.8. The Labute approximate surface area is 89.6 Å². The highest BCUT2D eigenvalue weighted by molar-refractivity contribution is 7.78. The Morgan fingerprint density at radius 2 is 1.87 bits per heavy atom. The van der Waals surface area contributed by atoms with E-state index >= 15 is 0 Å². The molecule has 2 N–H and O–H groups in total. The van der Waals surface area contributed by atoms with Crippen LogP contribution in [0.5, 0.6) is 5.75 Å². The van der Waals surface area contributed by atoms with Crippen molar-refractivity contribution in [3.8, 4) is 5.75 Å². The molecular formula is C11H10O3S. The van der Waals surface area contributed by atoms with E-state index in [9.17, 15) is 9.32 Å². The lowest BCUT2D eigenvalue weighted by Crippen LogP contribution is -1.94. The highest BCUT2D eigenvalue weighted by Gasteiger charge is 2.08. The molecule has 4 heteroatoms. The van der Waals surface area contributed by atoms with Crippen LogP contribution < -0.4 is 0 Å². The molecule has 0 heterocycles. The number of phenols is 1. The molecule has 0 aromatic heterocycles. The summed E-state index contributed by atoms with van der Waals surface area (Å²) in [6, 6.07) is 10.8. The third kappa shape index (κ3) is 2.00. The largest absolute Gasteiger partial charge is 0.508 e. The predicted octanol–water partition coefficient (Wildman–Crippen LogP) is 2.27. The van der Waals surface area contributed by atoms with Crippen molar-refractivity contribution in [1.29, 1.82) is 0 Å². The first kappa shape index (κ1) is 10.1. The fourth-order valence-electron chi connectivity index (χ4n) is 1.60. The Morgan fingerprint density at radius 3 is 2.60 bits per heavy atom. The Hall–Kier alpha value is -1.39. The van der Waals surface area contributed by atoms with Crippen LogP contribution in [-0.4, -0.2) is 13.9 Å². The maximum Gasteiger partial charge on any atom is 0.157 e. The average molecular weight is 222 g/mol. The normalized spacial score (nSPS) is 12.9. The van der Waals surface area contributed by atoms with Gasteiger partial charge in [-0.2, -0.15) is 0 Å². The lowest BCUT2D eigenvalue weighted by Gasteiger charge is -2.06. The van der Waals surface area contributed by atoms with Gasteiger partial charge in [0.05, 0.1) is 5.75 Å². The number of hydrogen-bond acceptors (Lipinski definition) is 2. The van der Waals surface area contributed by atoms with Gasteiger partial charge in [0.25, 0.3) is 0 Å². The van der Waals surface area contributed by atoms with Crippen LogP contribution in [0.2, 0.25) is 0 Å². The summed E-state index contributed by atoms with van der Waals surface area (Å²) < 4.78 is 19.6. The molecule has 0 amide bonds. The topological polar surface area (TPSA) is 57.5 Å². The van der Waals surface area contributed by atoms with Gasteiger partial charge in [-0.3, -0.25) is 0 Å². The van der Waals surface area contributed by atoms with Crippen LogP contribution >= 0.6 is 0 Å². The summed E-state index contributed by atoms with van der Waals surface area (Å²) in [5.74, 6) is 0.0174.